The number of halogens is 3. The number of hydrogen-bond donors (Lipinski definition) is 2. The third-order valence-electron chi connectivity index (χ3n) is 4.55. The number of aromatic nitrogens is 1. The predicted molar refractivity (Wildman–Crippen MR) is 96.7 cm³/mol. The van der Waals surface area contributed by atoms with Gasteiger partial charge in [-0.2, -0.15) is 13.2 Å². The Morgan fingerprint density at radius 3 is 2.59 bits per heavy atom. The Labute approximate surface area is 154 Å². The molecular weight excluding hydrogens is 357 g/mol. The third-order valence-corrected chi connectivity index (χ3v) is 4.55. The molecule has 3 aromatic rings. The van der Waals surface area contributed by atoms with Crippen LogP contribution in [0.25, 0.3) is 10.9 Å². The first-order valence-corrected chi connectivity index (χ1v) is 8.42. The normalized spacial score (nSPS) is 13.0. The number of aliphatic carboxylic acids is 1. The molecule has 0 aliphatic heterocycles. The van der Waals surface area contributed by atoms with Crippen LogP contribution in [-0.4, -0.2) is 28.7 Å². The van der Waals surface area contributed by atoms with E-state index >= 15 is 0 Å². The number of fused-ring (bicyclic) bond motifs is 1. The number of hydrogen-bond acceptors (Lipinski definition) is 2. The summed E-state index contributed by atoms with van der Waals surface area (Å²) < 4.78 is 40.7. The standard InChI is InChI=1S/C20H19F3N2O2/c1-24-17(19(26)27)10-14-12-25(18-8-3-2-7-16(14)18)11-13-5-4-6-15(9-13)20(21,22)23/h2-9,12,17,24H,10-11H2,1H3,(H,26,27)/t17-/m0/s1. The van der Waals surface area contributed by atoms with Gasteiger partial charge in [0.15, 0.2) is 0 Å². The van der Waals surface area contributed by atoms with Crippen LogP contribution in [0.4, 0.5) is 13.2 Å². The zero-order valence-corrected chi connectivity index (χ0v) is 14.6. The van der Waals surface area contributed by atoms with Gasteiger partial charge in [0.25, 0.3) is 0 Å². The van der Waals surface area contributed by atoms with Crippen LogP contribution >= 0.6 is 0 Å². The largest absolute Gasteiger partial charge is 0.480 e. The van der Waals surface area contributed by atoms with Gasteiger partial charge in [-0.1, -0.05) is 30.3 Å². The van der Waals surface area contributed by atoms with Crippen molar-refractivity contribution in [2.75, 3.05) is 7.05 Å². The summed E-state index contributed by atoms with van der Waals surface area (Å²) in [6, 6.07) is 12.0. The van der Waals surface area contributed by atoms with Gasteiger partial charge in [-0.05, 0) is 36.4 Å². The first-order chi connectivity index (χ1) is 12.8. The van der Waals surface area contributed by atoms with Crippen molar-refractivity contribution in [1.29, 1.82) is 0 Å². The lowest BCUT2D eigenvalue weighted by molar-refractivity contribution is -0.139. The summed E-state index contributed by atoms with van der Waals surface area (Å²) in [4.78, 5) is 11.3. The molecule has 0 aliphatic rings. The molecule has 0 amide bonds. The maximum Gasteiger partial charge on any atom is 0.416 e. The highest BCUT2D eigenvalue weighted by Gasteiger charge is 2.30. The molecule has 2 N–H and O–H groups in total. The van der Waals surface area contributed by atoms with Gasteiger partial charge >= 0.3 is 12.1 Å². The first-order valence-electron chi connectivity index (χ1n) is 8.42. The third kappa shape index (κ3) is 4.14. The highest BCUT2D eigenvalue weighted by Crippen LogP contribution is 2.30. The molecule has 0 radical (unpaired) electrons. The van der Waals surface area contributed by atoms with Crippen LogP contribution in [0.3, 0.4) is 0 Å². The zero-order valence-electron chi connectivity index (χ0n) is 14.6. The summed E-state index contributed by atoms with van der Waals surface area (Å²) in [6.45, 7) is 0.266. The molecule has 0 spiro atoms. The smallest absolute Gasteiger partial charge is 0.416 e. The van der Waals surface area contributed by atoms with E-state index in [-0.39, 0.29) is 13.0 Å². The van der Waals surface area contributed by atoms with Crippen molar-refractivity contribution >= 4 is 16.9 Å². The van der Waals surface area contributed by atoms with Crippen molar-refractivity contribution in [3.05, 3.63) is 71.4 Å². The van der Waals surface area contributed by atoms with Crippen LogP contribution in [0, 0.1) is 0 Å². The molecule has 0 saturated carbocycles. The molecule has 1 atom stereocenters. The minimum absolute atomic E-state index is 0.266. The number of carboxylic acids is 1. The molecule has 4 nitrogen and oxygen atoms in total. The first kappa shape index (κ1) is 19.0. The monoisotopic (exact) mass is 376 g/mol. The summed E-state index contributed by atoms with van der Waals surface area (Å²) in [5.74, 6) is -0.952. The van der Waals surface area contributed by atoms with Gasteiger partial charge in [0.05, 0.1) is 5.56 Å². The lowest BCUT2D eigenvalue weighted by Crippen LogP contribution is -2.35. The molecule has 7 heteroatoms. The molecule has 0 aliphatic carbocycles. The summed E-state index contributed by atoms with van der Waals surface area (Å²) in [6.07, 6.45) is -2.29. The van der Waals surface area contributed by atoms with Crippen LogP contribution in [-0.2, 0) is 23.9 Å². The van der Waals surface area contributed by atoms with Crippen LogP contribution in [0.2, 0.25) is 0 Å². The van der Waals surface area contributed by atoms with Crippen molar-refractivity contribution in [2.24, 2.45) is 0 Å². The maximum absolute atomic E-state index is 13.0. The number of nitrogens with zero attached hydrogens (tertiary/aromatic N) is 1. The second kappa shape index (κ2) is 7.44. The molecule has 3 rings (SSSR count). The van der Waals surface area contributed by atoms with E-state index in [2.05, 4.69) is 5.32 Å². The van der Waals surface area contributed by atoms with Gasteiger partial charge in [0, 0.05) is 30.1 Å². The number of alkyl halides is 3. The Morgan fingerprint density at radius 1 is 1.19 bits per heavy atom. The maximum atomic E-state index is 13.0. The van der Waals surface area contributed by atoms with Crippen LogP contribution in [0.15, 0.2) is 54.7 Å². The van der Waals surface area contributed by atoms with E-state index in [9.17, 15) is 23.1 Å². The van der Waals surface area contributed by atoms with E-state index in [1.165, 1.54) is 6.07 Å². The van der Waals surface area contributed by atoms with Crippen molar-refractivity contribution in [1.82, 2.24) is 9.88 Å². The van der Waals surface area contributed by atoms with E-state index in [4.69, 9.17) is 0 Å². The molecule has 0 fully saturated rings. The van der Waals surface area contributed by atoms with E-state index in [1.807, 2.05) is 35.0 Å². The zero-order chi connectivity index (χ0) is 19.6. The Bertz CT molecular complexity index is 963. The summed E-state index contributed by atoms with van der Waals surface area (Å²) in [5.41, 5.74) is 1.53. The Morgan fingerprint density at radius 2 is 1.93 bits per heavy atom. The predicted octanol–water partition coefficient (Wildman–Crippen LogP) is 3.92. The number of para-hydroxylation sites is 1. The van der Waals surface area contributed by atoms with Crippen LogP contribution < -0.4 is 5.32 Å². The minimum Gasteiger partial charge on any atom is -0.480 e. The lowest BCUT2D eigenvalue weighted by atomic mass is 10.1. The molecule has 0 bridgehead atoms. The molecule has 27 heavy (non-hydrogen) atoms. The molecule has 1 heterocycles. The van der Waals surface area contributed by atoms with Crippen molar-refractivity contribution in [3.63, 3.8) is 0 Å². The van der Waals surface area contributed by atoms with Crippen LogP contribution in [0.5, 0.6) is 0 Å². The summed E-state index contributed by atoms with van der Waals surface area (Å²) in [7, 11) is 1.58. The Hall–Kier alpha value is -2.80. The van der Waals surface area contributed by atoms with E-state index in [1.54, 1.807) is 13.1 Å². The number of nitrogens with one attached hydrogen (secondary N) is 1. The summed E-state index contributed by atoms with van der Waals surface area (Å²) in [5, 5.41) is 12.9. The number of likely N-dealkylation sites (N-methyl/N-ethyl adjacent to an activating group) is 1. The van der Waals surface area contributed by atoms with E-state index < -0.39 is 23.8 Å². The van der Waals surface area contributed by atoms with Gasteiger partial charge in [0.1, 0.15) is 6.04 Å². The van der Waals surface area contributed by atoms with Gasteiger partial charge in [-0.3, -0.25) is 4.79 Å². The molecule has 0 saturated heterocycles. The molecule has 1 aromatic heterocycles. The minimum atomic E-state index is -4.39. The Balaban J connectivity index is 1.97. The number of rotatable bonds is 6. The SMILES string of the molecule is CN[C@@H](Cc1cn(Cc2cccc(C(F)(F)F)c2)c2ccccc12)C(=O)O. The van der Waals surface area contributed by atoms with Gasteiger partial charge in [-0.15, -0.1) is 0 Å². The second-order valence-electron chi connectivity index (χ2n) is 6.38. The molecule has 2 aromatic carbocycles. The topological polar surface area (TPSA) is 54.3 Å². The molecular formula is C20H19F3N2O2. The van der Waals surface area contributed by atoms with Crippen molar-refractivity contribution in [2.45, 2.75) is 25.2 Å². The van der Waals surface area contributed by atoms with E-state index in [0.29, 0.717) is 5.56 Å². The van der Waals surface area contributed by atoms with Gasteiger partial charge < -0.3 is 15.0 Å². The fourth-order valence-electron chi connectivity index (χ4n) is 3.19. The van der Waals surface area contributed by atoms with Gasteiger partial charge in [0.2, 0.25) is 0 Å². The average molecular weight is 376 g/mol. The fourth-order valence-corrected chi connectivity index (χ4v) is 3.19. The number of carbonyl (C=O) groups is 1. The number of benzene rings is 2. The van der Waals surface area contributed by atoms with Crippen molar-refractivity contribution in [3.8, 4) is 0 Å². The summed E-state index contributed by atoms with van der Waals surface area (Å²) >= 11 is 0. The Kier molecular flexibility index (Phi) is 5.23. The number of carboxylic acid groups (broad SMARTS) is 1. The lowest BCUT2D eigenvalue weighted by Gasteiger charge is -2.10. The highest BCUT2D eigenvalue weighted by molar-refractivity contribution is 5.85. The van der Waals surface area contributed by atoms with E-state index in [0.717, 1.165) is 28.6 Å². The highest BCUT2D eigenvalue weighted by atomic mass is 19.4. The second-order valence-corrected chi connectivity index (χ2v) is 6.38. The van der Waals surface area contributed by atoms with Gasteiger partial charge in [-0.25, -0.2) is 0 Å². The fraction of sp³-hybridized carbons (Fsp3) is 0.250. The van der Waals surface area contributed by atoms with Crippen molar-refractivity contribution < 1.29 is 23.1 Å². The molecule has 142 valence electrons. The quantitative estimate of drug-likeness (QED) is 0.686. The van der Waals surface area contributed by atoms with Crippen LogP contribution in [0.1, 0.15) is 16.7 Å². The molecule has 0 unspecified atom stereocenters. The average Bonchev–Trinajstić information content (AvgIpc) is 2.96.